The molecule has 4 aromatic rings. The van der Waals surface area contributed by atoms with Gasteiger partial charge in [0.05, 0.1) is 18.8 Å². The molecule has 1 aromatic heterocycles. The first kappa shape index (κ1) is 36.3. The molecule has 0 spiro atoms. The van der Waals surface area contributed by atoms with Crippen molar-refractivity contribution >= 4 is 12.0 Å². The molecule has 10 nitrogen and oxygen atoms in total. The van der Waals surface area contributed by atoms with Gasteiger partial charge in [-0.05, 0) is 96.2 Å². The van der Waals surface area contributed by atoms with Gasteiger partial charge >= 0.3 is 6.03 Å². The largest absolute Gasteiger partial charge is 0.392 e. The number of carbonyl (C=O) groups excluding carboxylic acids is 1. The van der Waals surface area contributed by atoms with E-state index in [1.54, 1.807) is 12.4 Å². The van der Waals surface area contributed by atoms with Crippen molar-refractivity contribution in [2.45, 2.75) is 82.6 Å². The summed E-state index contributed by atoms with van der Waals surface area (Å²) in [5.74, 6) is 3.28. The lowest BCUT2D eigenvalue weighted by atomic mass is 9.53. The van der Waals surface area contributed by atoms with Crippen molar-refractivity contribution in [2.75, 3.05) is 37.6 Å². The van der Waals surface area contributed by atoms with Gasteiger partial charge in [-0.1, -0.05) is 73.7 Å². The number of nitrogens with one attached hydrogen (secondary N) is 2. The van der Waals surface area contributed by atoms with Gasteiger partial charge in [0, 0.05) is 68.7 Å². The Kier molecular flexibility index (Phi) is 10.3. The number of benzene rings is 3. The zero-order valence-electron chi connectivity index (χ0n) is 31.9. The first-order chi connectivity index (χ1) is 26.9. The van der Waals surface area contributed by atoms with Gasteiger partial charge in [0.25, 0.3) is 0 Å². The van der Waals surface area contributed by atoms with Crippen molar-refractivity contribution in [1.29, 1.82) is 0 Å². The lowest BCUT2D eigenvalue weighted by molar-refractivity contribution is -0.276. The number of aromatic nitrogens is 2. The highest BCUT2D eigenvalue weighted by atomic mass is 16.7. The fourth-order valence-corrected chi connectivity index (χ4v) is 10.6. The van der Waals surface area contributed by atoms with E-state index in [4.69, 9.17) is 9.47 Å². The van der Waals surface area contributed by atoms with Crippen LogP contribution in [0.4, 0.5) is 10.7 Å². The van der Waals surface area contributed by atoms with Crippen LogP contribution in [0.2, 0.25) is 0 Å². The van der Waals surface area contributed by atoms with Crippen molar-refractivity contribution in [3.05, 3.63) is 114 Å². The Labute approximate surface area is 324 Å². The molecule has 3 aromatic carbocycles. The van der Waals surface area contributed by atoms with Crippen LogP contribution in [0.1, 0.15) is 80.1 Å². The third kappa shape index (κ3) is 8.01. The fourth-order valence-electron chi connectivity index (χ4n) is 10.6. The van der Waals surface area contributed by atoms with Crippen LogP contribution < -0.4 is 15.5 Å². The highest BCUT2D eigenvalue weighted by Crippen LogP contribution is 2.55. The van der Waals surface area contributed by atoms with E-state index >= 15 is 0 Å². The van der Waals surface area contributed by atoms with E-state index in [-0.39, 0.29) is 36.3 Å². The Morgan fingerprint density at radius 2 is 1.47 bits per heavy atom. The standard InChI is InChI=1S/C45H54N6O4/c1-30-40(28-50-16-18-51(19-17-50)43-46-14-3-15-47-43)54-42(55-41(30)37-8-6-31(29-52)7-9-37)38-12-10-36(11-13-38)39-5-2-4-32(23-39)27-48-44(53)49-45-24-33-20-34(25-45)22-35(21-33)26-45/h2-15,23,30,33-35,40-42,52H,16-22,24-29H2,1H3,(H2,48,49,53). The highest BCUT2D eigenvalue weighted by molar-refractivity contribution is 5.75. The topological polar surface area (TPSA) is 112 Å². The summed E-state index contributed by atoms with van der Waals surface area (Å²) in [5, 5.41) is 16.3. The molecule has 4 bridgehead atoms. The monoisotopic (exact) mass is 742 g/mol. The minimum Gasteiger partial charge on any atom is -0.392 e. The molecule has 4 unspecified atom stereocenters. The van der Waals surface area contributed by atoms with Crippen LogP contribution in [0.3, 0.4) is 0 Å². The van der Waals surface area contributed by atoms with Gasteiger partial charge in [0.2, 0.25) is 5.95 Å². The molecule has 3 heterocycles. The number of ether oxygens (including phenoxy) is 2. The summed E-state index contributed by atoms with van der Waals surface area (Å²) in [6, 6.07) is 26.8. The van der Waals surface area contributed by atoms with Crippen LogP contribution in [0.5, 0.6) is 0 Å². The number of hydrogen-bond acceptors (Lipinski definition) is 8. The second-order valence-corrected chi connectivity index (χ2v) is 17.0. The molecule has 288 valence electrons. The average Bonchev–Trinajstić information content (AvgIpc) is 3.21. The second-order valence-electron chi connectivity index (χ2n) is 17.0. The van der Waals surface area contributed by atoms with Crippen LogP contribution in [0, 0.1) is 23.7 Å². The third-order valence-corrected chi connectivity index (χ3v) is 13.1. The zero-order valence-corrected chi connectivity index (χ0v) is 31.9. The molecule has 2 saturated heterocycles. The molecule has 2 aliphatic heterocycles. The molecule has 10 rings (SSSR count). The zero-order chi connectivity index (χ0) is 37.4. The number of carbonyl (C=O) groups is 1. The predicted molar refractivity (Wildman–Crippen MR) is 212 cm³/mol. The van der Waals surface area contributed by atoms with Crippen LogP contribution in [0.25, 0.3) is 11.1 Å². The molecule has 10 heteroatoms. The van der Waals surface area contributed by atoms with Crippen LogP contribution >= 0.6 is 0 Å². The molecule has 6 fully saturated rings. The Balaban J connectivity index is 0.858. The van der Waals surface area contributed by atoms with Crippen molar-refractivity contribution < 1.29 is 19.4 Å². The normalized spacial score (nSPS) is 30.3. The molecule has 3 N–H and O–H groups in total. The van der Waals surface area contributed by atoms with Gasteiger partial charge < -0.3 is 30.1 Å². The maximum atomic E-state index is 13.1. The first-order valence-corrected chi connectivity index (χ1v) is 20.4. The molecule has 0 radical (unpaired) electrons. The Morgan fingerprint density at radius 3 is 2.15 bits per heavy atom. The number of aliphatic hydroxyl groups excluding tert-OH is 1. The van der Waals surface area contributed by atoms with E-state index in [1.807, 2.05) is 18.2 Å². The molecule has 4 atom stereocenters. The molecular weight excluding hydrogens is 689 g/mol. The van der Waals surface area contributed by atoms with Crippen LogP contribution in [-0.2, 0) is 22.6 Å². The minimum atomic E-state index is -0.528. The van der Waals surface area contributed by atoms with E-state index < -0.39 is 6.29 Å². The quantitative estimate of drug-likeness (QED) is 0.159. The van der Waals surface area contributed by atoms with Gasteiger partial charge in [-0.3, -0.25) is 4.90 Å². The summed E-state index contributed by atoms with van der Waals surface area (Å²) < 4.78 is 13.6. The van der Waals surface area contributed by atoms with Crippen molar-refractivity contribution in [1.82, 2.24) is 25.5 Å². The second kappa shape index (κ2) is 15.7. The first-order valence-electron chi connectivity index (χ1n) is 20.4. The summed E-state index contributed by atoms with van der Waals surface area (Å²) in [6.45, 7) is 7.06. The Morgan fingerprint density at radius 1 is 0.800 bits per heavy atom. The number of anilines is 1. The number of nitrogens with zero attached hydrogens (tertiary/aromatic N) is 4. The smallest absolute Gasteiger partial charge is 0.315 e. The van der Waals surface area contributed by atoms with Crippen molar-refractivity contribution in [3.63, 3.8) is 0 Å². The summed E-state index contributed by atoms with van der Waals surface area (Å²) in [6.07, 6.45) is 10.4. The average molecular weight is 743 g/mol. The van der Waals surface area contributed by atoms with E-state index in [9.17, 15) is 9.90 Å². The van der Waals surface area contributed by atoms with E-state index in [2.05, 4.69) is 98.0 Å². The Bertz CT molecular complexity index is 1880. The SMILES string of the molecule is CC1C(CN2CCN(c3ncccn3)CC2)OC(c2ccc(-c3cccc(CNC(=O)NC45CC6CC(CC(C6)C4)C5)c3)cc2)OC1c1ccc(CO)cc1. The number of amides is 2. The van der Waals surface area contributed by atoms with Gasteiger partial charge in [0.1, 0.15) is 0 Å². The summed E-state index contributed by atoms with van der Waals surface area (Å²) in [5.41, 5.74) is 6.22. The molecule has 55 heavy (non-hydrogen) atoms. The lowest BCUT2D eigenvalue weighted by Crippen LogP contribution is -2.61. The maximum Gasteiger partial charge on any atom is 0.315 e. The highest BCUT2D eigenvalue weighted by Gasteiger charge is 2.51. The predicted octanol–water partition coefficient (Wildman–Crippen LogP) is 7.02. The maximum absolute atomic E-state index is 13.1. The number of urea groups is 1. The molecular formula is C45H54N6O4. The lowest BCUT2D eigenvalue weighted by Gasteiger charge is -2.56. The molecule has 4 saturated carbocycles. The molecule has 2 amide bonds. The van der Waals surface area contributed by atoms with Crippen LogP contribution in [-0.4, -0.2) is 70.4 Å². The summed E-state index contributed by atoms with van der Waals surface area (Å²) >= 11 is 0. The van der Waals surface area contributed by atoms with Gasteiger partial charge in [-0.25, -0.2) is 14.8 Å². The number of piperazine rings is 1. The third-order valence-electron chi connectivity index (χ3n) is 13.1. The van der Waals surface area contributed by atoms with E-state index in [1.165, 1.54) is 19.3 Å². The molecule has 6 aliphatic rings. The van der Waals surface area contributed by atoms with Crippen LogP contribution in [0.15, 0.2) is 91.3 Å². The number of aliphatic hydroxyl groups is 1. The Hall–Kier alpha value is -4.35. The number of hydrogen-bond donors (Lipinski definition) is 3. The fraction of sp³-hybridized carbons (Fsp3) is 0.489. The summed E-state index contributed by atoms with van der Waals surface area (Å²) in [4.78, 5) is 26.8. The van der Waals surface area contributed by atoms with E-state index in [0.717, 1.165) is 109 Å². The van der Waals surface area contributed by atoms with Gasteiger partial charge in [-0.2, -0.15) is 0 Å². The minimum absolute atomic E-state index is 0.00464. The molecule has 4 aliphatic carbocycles. The van der Waals surface area contributed by atoms with Crippen molar-refractivity contribution in [2.24, 2.45) is 23.7 Å². The van der Waals surface area contributed by atoms with Gasteiger partial charge in [-0.15, -0.1) is 0 Å². The van der Waals surface area contributed by atoms with Crippen molar-refractivity contribution in [3.8, 4) is 11.1 Å². The number of rotatable bonds is 10. The summed E-state index contributed by atoms with van der Waals surface area (Å²) in [7, 11) is 0. The van der Waals surface area contributed by atoms with E-state index in [0.29, 0.717) is 6.54 Å². The van der Waals surface area contributed by atoms with Gasteiger partial charge in [0.15, 0.2) is 6.29 Å².